The van der Waals surface area contributed by atoms with Gasteiger partial charge in [0.1, 0.15) is 5.75 Å². The van der Waals surface area contributed by atoms with Crippen LogP contribution in [0.2, 0.25) is 0 Å². The zero-order valence-corrected chi connectivity index (χ0v) is 15.6. The minimum atomic E-state index is -3.45. The summed E-state index contributed by atoms with van der Waals surface area (Å²) in [5, 5.41) is 2.82. The Hall–Kier alpha value is -2.38. The minimum Gasteiger partial charge on any atom is -0.496 e. The summed E-state index contributed by atoms with van der Waals surface area (Å²) < 4.78 is 30.4. The second-order valence-corrected chi connectivity index (χ2v) is 7.95. The maximum Gasteiger partial charge on any atom is 0.251 e. The number of hydrogen-bond donors (Lipinski definition) is 1. The van der Waals surface area contributed by atoms with Crippen LogP contribution in [0.25, 0.3) is 0 Å². The SMILES string of the molecule is COc1ccc(C(=O)NCc2ccc(S(=O)(=O)N(C)C)cc2)cc1C. The Morgan fingerprint density at radius 1 is 1.12 bits per heavy atom. The average Bonchev–Trinajstić information content (AvgIpc) is 2.59. The molecule has 2 aromatic rings. The molecule has 0 saturated heterocycles. The van der Waals surface area contributed by atoms with Crippen molar-refractivity contribution in [2.24, 2.45) is 0 Å². The van der Waals surface area contributed by atoms with Gasteiger partial charge in [-0.05, 0) is 48.4 Å². The summed E-state index contributed by atoms with van der Waals surface area (Å²) in [7, 11) is 1.11. The number of nitrogens with one attached hydrogen (secondary N) is 1. The Morgan fingerprint density at radius 3 is 2.28 bits per heavy atom. The predicted molar refractivity (Wildman–Crippen MR) is 96.2 cm³/mol. The van der Waals surface area contributed by atoms with E-state index in [0.717, 1.165) is 21.2 Å². The van der Waals surface area contributed by atoms with Crippen LogP contribution in [0.3, 0.4) is 0 Å². The van der Waals surface area contributed by atoms with E-state index in [1.165, 1.54) is 26.2 Å². The molecule has 0 unspecified atom stereocenters. The number of rotatable bonds is 6. The molecule has 6 nitrogen and oxygen atoms in total. The lowest BCUT2D eigenvalue weighted by molar-refractivity contribution is 0.0950. The highest BCUT2D eigenvalue weighted by Crippen LogP contribution is 2.18. The predicted octanol–water partition coefficient (Wildman–Crippen LogP) is 2.18. The molecule has 1 N–H and O–H groups in total. The number of benzene rings is 2. The third-order valence-electron chi connectivity index (χ3n) is 3.81. The molecule has 0 radical (unpaired) electrons. The summed E-state index contributed by atoms with van der Waals surface area (Å²) in [5.74, 6) is 0.532. The van der Waals surface area contributed by atoms with E-state index in [1.54, 1.807) is 37.4 Å². The van der Waals surface area contributed by atoms with E-state index >= 15 is 0 Å². The van der Waals surface area contributed by atoms with E-state index in [9.17, 15) is 13.2 Å². The molecule has 0 aliphatic rings. The van der Waals surface area contributed by atoms with E-state index in [1.807, 2.05) is 6.92 Å². The number of carbonyl (C=O) groups excluding carboxylic acids is 1. The molecule has 0 heterocycles. The first-order valence-electron chi connectivity index (χ1n) is 7.70. The van der Waals surface area contributed by atoms with Gasteiger partial charge in [0.25, 0.3) is 5.91 Å². The van der Waals surface area contributed by atoms with Crippen molar-refractivity contribution in [1.82, 2.24) is 9.62 Å². The van der Waals surface area contributed by atoms with Gasteiger partial charge in [-0.15, -0.1) is 0 Å². The molecule has 0 aromatic heterocycles. The van der Waals surface area contributed by atoms with Crippen LogP contribution in [0, 0.1) is 6.92 Å². The van der Waals surface area contributed by atoms with Gasteiger partial charge in [-0.3, -0.25) is 4.79 Å². The van der Waals surface area contributed by atoms with Crippen molar-refractivity contribution in [3.05, 3.63) is 59.2 Å². The fourth-order valence-electron chi connectivity index (χ4n) is 2.29. The highest BCUT2D eigenvalue weighted by atomic mass is 32.2. The number of aryl methyl sites for hydroxylation is 1. The number of amides is 1. The molecule has 0 aliphatic heterocycles. The summed E-state index contributed by atoms with van der Waals surface area (Å²) in [5.41, 5.74) is 2.25. The van der Waals surface area contributed by atoms with Crippen molar-refractivity contribution in [3.8, 4) is 5.75 Å². The number of methoxy groups -OCH3 is 1. The first-order chi connectivity index (χ1) is 11.8. The zero-order chi connectivity index (χ0) is 18.6. The van der Waals surface area contributed by atoms with Crippen molar-refractivity contribution >= 4 is 15.9 Å². The molecular weight excluding hydrogens is 340 g/mol. The molecule has 0 atom stereocenters. The second-order valence-electron chi connectivity index (χ2n) is 5.80. The highest BCUT2D eigenvalue weighted by molar-refractivity contribution is 7.89. The van der Waals surface area contributed by atoms with Crippen LogP contribution in [0.5, 0.6) is 5.75 Å². The van der Waals surface area contributed by atoms with Crippen molar-refractivity contribution in [1.29, 1.82) is 0 Å². The fourth-order valence-corrected chi connectivity index (χ4v) is 3.20. The van der Waals surface area contributed by atoms with Crippen LogP contribution in [0.4, 0.5) is 0 Å². The quantitative estimate of drug-likeness (QED) is 0.855. The van der Waals surface area contributed by atoms with Gasteiger partial charge in [0.15, 0.2) is 0 Å². The molecule has 0 spiro atoms. The van der Waals surface area contributed by atoms with Gasteiger partial charge in [0.05, 0.1) is 12.0 Å². The van der Waals surface area contributed by atoms with Crippen LogP contribution in [0.1, 0.15) is 21.5 Å². The number of nitrogens with zero attached hydrogens (tertiary/aromatic N) is 1. The molecule has 2 aromatic carbocycles. The van der Waals surface area contributed by atoms with Gasteiger partial charge in [-0.25, -0.2) is 12.7 Å². The second kappa shape index (κ2) is 7.67. The molecule has 0 fully saturated rings. The Kier molecular flexibility index (Phi) is 5.81. The Morgan fingerprint density at radius 2 is 1.76 bits per heavy atom. The van der Waals surface area contributed by atoms with Gasteiger partial charge < -0.3 is 10.1 Å². The molecule has 7 heteroatoms. The van der Waals surface area contributed by atoms with E-state index in [0.29, 0.717) is 12.1 Å². The Balaban J connectivity index is 2.04. The maximum absolute atomic E-state index is 12.2. The topological polar surface area (TPSA) is 75.7 Å². The summed E-state index contributed by atoms with van der Waals surface area (Å²) in [6, 6.07) is 11.7. The lowest BCUT2D eigenvalue weighted by Gasteiger charge is -2.12. The summed E-state index contributed by atoms with van der Waals surface area (Å²) in [6.45, 7) is 2.19. The molecular formula is C18H22N2O4S. The fraction of sp³-hybridized carbons (Fsp3) is 0.278. The van der Waals surface area contributed by atoms with E-state index in [4.69, 9.17) is 4.74 Å². The average molecular weight is 362 g/mol. The maximum atomic E-state index is 12.2. The molecule has 0 bridgehead atoms. The number of ether oxygens (including phenoxy) is 1. The van der Waals surface area contributed by atoms with E-state index in [-0.39, 0.29) is 10.8 Å². The van der Waals surface area contributed by atoms with Gasteiger partial charge in [-0.2, -0.15) is 0 Å². The summed E-state index contributed by atoms with van der Waals surface area (Å²) >= 11 is 0. The normalized spacial score (nSPS) is 11.4. The summed E-state index contributed by atoms with van der Waals surface area (Å²) in [4.78, 5) is 12.5. The first-order valence-corrected chi connectivity index (χ1v) is 9.14. The number of carbonyl (C=O) groups is 1. The Labute approximate surface area is 148 Å². The lowest BCUT2D eigenvalue weighted by atomic mass is 10.1. The van der Waals surface area contributed by atoms with Gasteiger partial charge in [0.2, 0.25) is 10.0 Å². The standard InChI is InChI=1S/C18H22N2O4S/c1-13-11-15(7-10-17(13)24-4)18(21)19-12-14-5-8-16(9-6-14)25(22,23)20(2)3/h5-11H,12H2,1-4H3,(H,19,21). The van der Waals surface area contributed by atoms with Gasteiger partial charge >= 0.3 is 0 Å². The van der Waals surface area contributed by atoms with Crippen molar-refractivity contribution in [2.45, 2.75) is 18.4 Å². The smallest absolute Gasteiger partial charge is 0.251 e. The monoisotopic (exact) mass is 362 g/mol. The molecule has 0 saturated carbocycles. The number of hydrogen-bond acceptors (Lipinski definition) is 4. The lowest BCUT2D eigenvalue weighted by Crippen LogP contribution is -2.23. The molecule has 1 amide bonds. The first kappa shape index (κ1) is 19.0. The van der Waals surface area contributed by atoms with Crippen molar-refractivity contribution in [3.63, 3.8) is 0 Å². The molecule has 134 valence electrons. The van der Waals surface area contributed by atoms with Crippen molar-refractivity contribution in [2.75, 3.05) is 21.2 Å². The highest BCUT2D eigenvalue weighted by Gasteiger charge is 2.16. The molecule has 0 aliphatic carbocycles. The minimum absolute atomic E-state index is 0.198. The zero-order valence-electron chi connectivity index (χ0n) is 14.7. The third kappa shape index (κ3) is 4.37. The Bertz CT molecular complexity index is 859. The van der Waals surface area contributed by atoms with Crippen LogP contribution in [-0.2, 0) is 16.6 Å². The largest absolute Gasteiger partial charge is 0.496 e. The third-order valence-corrected chi connectivity index (χ3v) is 5.64. The van der Waals surface area contributed by atoms with E-state index in [2.05, 4.69) is 5.32 Å². The van der Waals surface area contributed by atoms with Crippen molar-refractivity contribution < 1.29 is 17.9 Å². The van der Waals surface area contributed by atoms with Gasteiger partial charge in [-0.1, -0.05) is 12.1 Å². The van der Waals surface area contributed by atoms with Crippen LogP contribution in [0.15, 0.2) is 47.4 Å². The number of sulfonamides is 1. The van der Waals surface area contributed by atoms with Crippen LogP contribution >= 0.6 is 0 Å². The molecule has 2 rings (SSSR count). The molecule has 25 heavy (non-hydrogen) atoms. The summed E-state index contributed by atoms with van der Waals surface area (Å²) in [6.07, 6.45) is 0. The van der Waals surface area contributed by atoms with Crippen LogP contribution in [-0.4, -0.2) is 39.8 Å². The van der Waals surface area contributed by atoms with E-state index < -0.39 is 10.0 Å². The van der Waals surface area contributed by atoms with Crippen LogP contribution < -0.4 is 10.1 Å². The van der Waals surface area contributed by atoms with Gasteiger partial charge in [0, 0.05) is 26.2 Å².